The smallest absolute Gasteiger partial charge is 0.147 e. The van der Waals surface area contributed by atoms with Crippen LogP contribution < -0.4 is 9.47 Å². The van der Waals surface area contributed by atoms with Gasteiger partial charge in [-0.2, -0.15) is 5.10 Å². The van der Waals surface area contributed by atoms with E-state index in [4.69, 9.17) is 9.47 Å². The van der Waals surface area contributed by atoms with Crippen LogP contribution in [0.1, 0.15) is 0 Å². The number of hydrogen-bond acceptors (Lipinski definition) is 5. The minimum absolute atomic E-state index is 0.668. The molecule has 100 valence electrons. The van der Waals surface area contributed by atoms with Crippen molar-refractivity contribution >= 4 is 10.9 Å². The fraction of sp³-hybridized carbons (Fsp3) is 0.133. The van der Waals surface area contributed by atoms with Crippen LogP contribution in [0.5, 0.6) is 11.5 Å². The molecule has 3 rings (SSSR count). The van der Waals surface area contributed by atoms with Gasteiger partial charge in [-0.1, -0.05) is 0 Å². The first kappa shape index (κ1) is 12.3. The van der Waals surface area contributed by atoms with Crippen LogP contribution in [0.25, 0.3) is 22.3 Å². The molecule has 0 saturated carbocycles. The highest BCUT2D eigenvalue weighted by atomic mass is 16.5. The van der Waals surface area contributed by atoms with Crippen LogP contribution in [0.15, 0.2) is 42.6 Å². The molecule has 3 aromatic rings. The summed E-state index contributed by atoms with van der Waals surface area (Å²) in [5.74, 6) is 1.43. The molecule has 0 bridgehead atoms. The number of methoxy groups -OCH3 is 2. The summed E-state index contributed by atoms with van der Waals surface area (Å²) < 4.78 is 10.6. The number of nitrogens with zero attached hydrogens (tertiary/aromatic N) is 3. The first-order chi connectivity index (χ1) is 9.81. The van der Waals surface area contributed by atoms with Gasteiger partial charge >= 0.3 is 0 Å². The molecule has 20 heavy (non-hydrogen) atoms. The summed E-state index contributed by atoms with van der Waals surface area (Å²) in [5.41, 5.74) is 2.17. The number of aromatic nitrogens is 3. The Labute approximate surface area is 116 Å². The standard InChI is InChI=1S/C15H13N3O2/c1-19-11-6-5-10-8-14(20-2)15(17-13(10)9-11)12-4-3-7-16-18-12/h3-9H,1-2H3. The summed E-state index contributed by atoms with van der Waals surface area (Å²) in [7, 11) is 3.25. The molecule has 0 aliphatic rings. The zero-order valence-electron chi connectivity index (χ0n) is 11.2. The Kier molecular flexibility index (Phi) is 3.16. The Morgan fingerprint density at radius 2 is 1.90 bits per heavy atom. The molecule has 5 heteroatoms. The van der Waals surface area contributed by atoms with Crippen molar-refractivity contribution in [3.8, 4) is 22.9 Å². The van der Waals surface area contributed by atoms with Crippen molar-refractivity contribution in [3.05, 3.63) is 42.6 Å². The molecule has 0 radical (unpaired) electrons. The van der Waals surface area contributed by atoms with Gasteiger partial charge in [0.2, 0.25) is 0 Å². The van der Waals surface area contributed by atoms with E-state index < -0.39 is 0 Å². The predicted octanol–water partition coefficient (Wildman–Crippen LogP) is 2.71. The van der Waals surface area contributed by atoms with Crippen molar-refractivity contribution in [2.75, 3.05) is 14.2 Å². The van der Waals surface area contributed by atoms with Crippen LogP contribution in [0.2, 0.25) is 0 Å². The average molecular weight is 267 g/mol. The summed E-state index contributed by atoms with van der Waals surface area (Å²) in [5, 5.41) is 8.95. The fourth-order valence-corrected chi connectivity index (χ4v) is 2.02. The molecule has 1 aromatic carbocycles. The maximum Gasteiger partial charge on any atom is 0.147 e. The van der Waals surface area contributed by atoms with Crippen molar-refractivity contribution < 1.29 is 9.47 Å². The molecule has 0 unspecified atom stereocenters. The fourth-order valence-electron chi connectivity index (χ4n) is 2.02. The van der Waals surface area contributed by atoms with E-state index in [0.717, 1.165) is 16.7 Å². The molecule has 0 saturated heterocycles. The second-order valence-electron chi connectivity index (χ2n) is 4.21. The lowest BCUT2D eigenvalue weighted by Crippen LogP contribution is -1.95. The molecule has 5 nitrogen and oxygen atoms in total. The molecule has 0 amide bonds. The van der Waals surface area contributed by atoms with Gasteiger partial charge in [0.05, 0.1) is 19.7 Å². The van der Waals surface area contributed by atoms with Gasteiger partial charge in [0.15, 0.2) is 0 Å². The molecule has 0 spiro atoms. The van der Waals surface area contributed by atoms with E-state index >= 15 is 0 Å². The van der Waals surface area contributed by atoms with E-state index in [1.54, 1.807) is 20.4 Å². The number of hydrogen-bond donors (Lipinski definition) is 0. The molecule has 0 atom stereocenters. The Morgan fingerprint density at radius 1 is 1.00 bits per heavy atom. The van der Waals surface area contributed by atoms with Crippen LogP contribution in [-0.2, 0) is 0 Å². The van der Waals surface area contributed by atoms with E-state index in [-0.39, 0.29) is 0 Å². The summed E-state index contributed by atoms with van der Waals surface area (Å²) in [6.07, 6.45) is 1.63. The molecule has 0 fully saturated rings. The Balaban J connectivity index is 2.24. The van der Waals surface area contributed by atoms with Crippen molar-refractivity contribution in [3.63, 3.8) is 0 Å². The summed E-state index contributed by atoms with van der Waals surface area (Å²) in [4.78, 5) is 4.62. The van der Waals surface area contributed by atoms with Gasteiger partial charge in [-0.05, 0) is 30.3 Å². The highest BCUT2D eigenvalue weighted by Gasteiger charge is 2.11. The first-order valence-electron chi connectivity index (χ1n) is 6.12. The van der Waals surface area contributed by atoms with Gasteiger partial charge in [0.1, 0.15) is 22.9 Å². The average Bonchev–Trinajstić information content (AvgIpc) is 2.53. The van der Waals surface area contributed by atoms with Crippen LogP contribution >= 0.6 is 0 Å². The third-order valence-electron chi connectivity index (χ3n) is 3.02. The lowest BCUT2D eigenvalue weighted by atomic mass is 10.1. The number of fused-ring (bicyclic) bond motifs is 1. The zero-order valence-corrected chi connectivity index (χ0v) is 11.2. The summed E-state index contributed by atoms with van der Waals surface area (Å²) in [6.45, 7) is 0. The third-order valence-corrected chi connectivity index (χ3v) is 3.02. The van der Waals surface area contributed by atoms with Crippen LogP contribution in [0.3, 0.4) is 0 Å². The number of rotatable bonds is 3. The first-order valence-corrected chi connectivity index (χ1v) is 6.12. The molecule has 2 heterocycles. The van der Waals surface area contributed by atoms with E-state index in [1.165, 1.54) is 0 Å². The second kappa shape index (κ2) is 5.13. The van der Waals surface area contributed by atoms with Gasteiger partial charge in [-0.25, -0.2) is 4.98 Å². The highest BCUT2D eigenvalue weighted by Crippen LogP contribution is 2.31. The van der Waals surface area contributed by atoms with E-state index in [1.807, 2.05) is 36.4 Å². The molecular formula is C15H13N3O2. The van der Waals surface area contributed by atoms with Crippen LogP contribution in [0, 0.1) is 0 Å². The van der Waals surface area contributed by atoms with Crippen LogP contribution in [-0.4, -0.2) is 29.4 Å². The van der Waals surface area contributed by atoms with Crippen LogP contribution in [0.4, 0.5) is 0 Å². The monoisotopic (exact) mass is 267 g/mol. The van der Waals surface area contributed by atoms with E-state index in [2.05, 4.69) is 15.2 Å². The topological polar surface area (TPSA) is 57.1 Å². The van der Waals surface area contributed by atoms with Crippen molar-refractivity contribution in [1.29, 1.82) is 0 Å². The quantitative estimate of drug-likeness (QED) is 0.730. The number of benzene rings is 1. The van der Waals surface area contributed by atoms with Crippen molar-refractivity contribution in [1.82, 2.24) is 15.2 Å². The maximum atomic E-state index is 5.40. The molecule has 2 aromatic heterocycles. The lowest BCUT2D eigenvalue weighted by Gasteiger charge is -2.09. The van der Waals surface area contributed by atoms with Gasteiger partial charge in [0, 0.05) is 17.6 Å². The largest absolute Gasteiger partial charge is 0.497 e. The predicted molar refractivity (Wildman–Crippen MR) is 75.9 cm³/mol. The Bertz CT molecular complexity index is 745. The number of ether oxygens (including phenoxy) is 2. The molecular weight excluding hydrogens is 254 g/mol. The molecule has 0 N–H and O–H groups in total. The second-order valence-corrected chi connectivity index (χ2v) is 4.21. The van der Waals surface area contributed by atoms with Gasteiger partial charge in [-0.15, -0.1) is 5.10 Å². The highest BCUT2D eigenvalue weighted by molar-refractivity contribution is 5.85. The normalized spacial score (nSPS) is 10.5. The Morgan fingerprint density at radius 3 is 2.60 bits per heavy atom. The molecule has 0 aliphatic carbocycles. The van der Waals surface area contributed by atoms with E-state index in [9.17, 15) is 0 Å². The Hall–Kier alpha value is -2.69. The van der Waals surface area contributed by atoms with Crippen molar-refractivity contribution in [2.45, 2.75) is 0 Å². The number of pyridine rings is 1. The SMILES string of the molecule is COc1ccc2cc(OC)c(-c3cccnn3)nc2c1. The molecule has 0 aliphatic heterocycles. The minimum atomic E-state index is 0.668. The minimum Gasteiger partial charge on any atom is -0.497 e. The summed E-state index contributed by atoms with van der Waals surface area (Å²) >= 11 is 0. The van der Waals surface area contributed by atoms with Gasteiger partial charge in [-0.3, -0.25) is 0 Å². The van der Waals surface area contributed by atoms with E-state index in [0.29, 0.717) is 17.1 Å². The maximum absolute atomic E-state index is 5.40. The van der Waals surface area contributed by atoms with Gasteiger partial charge in [0.25, 0.3) is 0 Å². The zero-order chi connectivity index (χ0) is 13.9. The third kappa shape index (κ3) is 2.14. The summed E-state index contributed by atoms with van der Waals surface area (Å²) in [6, 6.07) is 11.3. The van der Waals surface area contributed by atoms with Gasteiger partial charge < -0.3 is 9.47 Å². The van der Waals surface area contributed by atoms with Crippen molar-refractivity contribution in [2.24, 2.45) is 0 Å². The lowest BCUT2D eigenvalue weighted by molar-refractivity contribution is 0.414.